The summed E-state index contributed by atoms with van der Waals surface area (Å²) in [5.41, 5.74) is 2.88. The summed E-state index contributed by atoms with van der Waals surface area (Å²) in [5, 5.41) is 5.69. The van der Waals surface area contributed by atoms with Crippen LogP contribution in [0.5, 0.6) is 5.75 Å². The molecule has 0 aliphatic carbocycles. The van der Waals surface area contributed by atoms with E-state index in [0.29, 0.717) is 12.3 Å². The van der Waals surface area contributed by atoms with Crippen molar-refractivity contribution >= 4 is 23.1 Å². The highest BCUT2D eigenvalue weighted by Crippen LogP contribution is 2.29. The summed E-state index contributed by atoms with van der Waals surface area (Å²) in [6.45, 7) is 6.00. The Balaban J connectivity index is 1.28. The Bertz CT molecular complexity index is 1330. The van der Waals surface area contributed by atoms with Crippen molar-refractivity contribution in [3.63, 3.8) is 0 Å². The van der Waals surface area contributed by atoms with Gasteiger partial charge in [-0.3, -0.25) is 9.69 Å². The molecule has 38 heavy (non-hydrogen) atoms. The number of hydrogen-bond donors (Lipinski definition) is 1. The van der Waals surface area contributed by atoms with Crippen LogP contribution in [0.25, 0.3) is 11.1 Å². The van der Waals surface area contributed by atoms with Crippen molar-refractivity contribution in [2.75, 3.05) is 37.7 Å². The van der Waals surface area contributed by atoms with Crippen molar-refractivity contribution in [3.8, 4) is 16.9 Å². The number of amides is 1. The third kappa shape index (κ3) is 6.54. The molecule has 196 valence electrons. The zero-order chi connectivity index (χ0) is 26.3. The molecule has 5 rings (SSSR count). The van der Waals surface area contributed by atoms with E-state index < -0.39 is 0 Å². The highest BCUT2D eigenvalue weighted by Gasteiger charge is 2.20. The van der Waals surface area contributed by atoms with Gasteiger partial charge in [0.05, 0.1) is 6.04 Å². The van der Waals surface area contributed by atoms with E-state index >= 15 is 0 Å². The molecule has 1 fully saturated rings. The molecule has 2 aromatic carbocycles. The van der Waals surface area contributed by atoms with E-state index in [4.69, 9.17) is 4.74 Å². The molecule has 3 heterocycles. The van der Waals surface area contributed by atoms with E-state index in [1.54, 1.807) is 18.3 Å². The van der Waals surface area contributed by atoms with Crippen LogP contribution in [0.2, 0.25) is 0 Å². The lowest BCUT2D eigenvalue weighted by Crippen LogP contribution is -2.46. The lowest BCUT2D eigenvalue weighted by Gasteiger charge is -2.35. The average Bonchev–Trinajstić information content (AvgIpc) is 3.49. The Labute approximate surface area is 225 Å². The molecule has 9 heteroatoms. The van der Waals surface area contributed by atoms with Crippen LogP contribution in [0.1, 0.15) is 23.5 Å². The predicted molar refractivity (Wildman–Crippen MR) is 148 cm³/mol. The van der Waals surface area contributed by atoms with Crippen LogP contribution in [0.15, 0.2) is 78.4 Å². The van der Waals surface area contributed by atoms with Crippen LogP contribution >= 0.6 is 11.3 Å². The fourth-order valence-corrected chi connectivity index (χ4v) is 5.16. The summed E-state index contributed by atoms with van der Waals surface area (Å²) in [6.07, 6.45) is 3.55. The van der Waals surface area contributed by atoms with Gasteiger partial charge in [0, 0.05) is 56.1 Å². The lowest BCUT2D eigenvalue weighted by atomic mass is 10.0. The molecule has 1 amide bonds. The molecule has 2 aromatic heterocycles. The molecule has 7 nitrogen and oxygen atoms in total. The van der Waals surface area contributed by atoms with Gasteiger partial charge in [-0.1, -0.05) is 24.3 Å². The van der Waals surface area contributed by atoms with Gasteiger partial charge < -0.3 is 15.0 Å². The van der Waals surface area contributed by atoms with Crippen molar-refractivity contribution in [2.24, 2.45) is 0 Å². The Morgan fingerprint density at radius 3 is 2.53 bits per heavy atom. The SMILES string of the molecule is C[C@H](NC(=O)COc1ccc(-c2ccc(F)cc2)cc1CN1CCN(c2ccccn2)CC1)c1nccs1. The fourth-order valence-electron chi connectivity index (χ4n) is 4.52. The molecule has 0 bridgehead atoms. The van der Waals surface area contributed by atoms with Crippen LogP contribution in [0.4, 0.5) is 10.2 Å². The molecular formula is C29H30FN5O2S. The zero-order valence-electron chi connectivity index (χ0n) is 21.2. The van der Waals surface area contributed by atoms with E-state index in [1.165, 1.54) is 23.5 Å². The van der Waals surface area contributed by atoms with Crippen LogP contribution in [0.3, 0.4) is 0 Å². The first-order chi connectivity index (χ1) is 18.5. The number of pyridine rings is 1. The average molecular weight is 532 g/mol. The molecule has 0 spiro atoms. The topological polar surface area (TPSA) is 70.6 Å². The van der Waals surface area contributed by atoms with Crippen LogP contribution < -0.4 is 15.0 Å². The van der Waals surface area contributed by atoms with Gasteiger partial charge in [-0.05, 0) is 54.4 Å². The van der Waals surface area contributed by atoms with Gasteiger partial charge in [-0.15, -0.1) is 11.3 Å². The van der Waals surface area contributed by atoms with Crippen LogP contribution in [0, 0.1) is 5.82 Å². The van der Waals surface area contributed by atoms with Crippen molar-refractivity contribution in [1.82, 2.24) is 20.2 Å². The number of rotatable bonds is 9. The van der Waals surface area contributed by atoms with E-state index in [0.717, 1.165) is 53.7 Å². The van der Waals surface area contributed by atoms with E-state index in [9.17, 15) is 9.18 Å². The number of halogens is 1. The Hall–Kier alpha value is -3.82. The number of carbonyl (C=O) groups excluding carboxylic acids is 1. The number of thiazole rings is 1. The number of nitrogens with one attached hydrogen (secondary N) is 1. The number of piperazine rings is 1. The number of nitrogens with zero attached hydrogens (tertiary/aromatic N) is 4. The summed E-state index contributed by atoms with van der Waals surface area (Å²) in [7, 11) is 0. The molecule has 1 aliphatic rings. The molecule has 1 atom stereocenters. The molecule has 0 radical (unpaired) electrons. The van der Waals surface area contributed by atoms with Crippen LogP contribution in [-0.2, 0) is 11.3 Å². The van der Waals surface area contributed by atoms with Gasteiger partial charge in [0.25, 0.3) is 5.91 Å². The third-order valence-electron chi connectivity index (χ3n) is 6.54. The third-order valence-corrected chi connectivity index (χ3v) is 7.49. The quantitative estimate of drug-likeness (QED) is 0.331. The van der Waals surface area contributed by atoms with Gasteiger partial charge in [0.15, 0.2) is 6.61 Å². The van der Waals surface area contributed by atoms with Crippen molar-refractivity contribution in [2.45, 2.75) is 19.5 Å². The number of anilines is 1. The van der Waals surface area contributed by atoms with Gasteiger partial charge in [-0.2, -0.15) is 0 Å². The van der Waals surface area contributed by atoms with Crippen LogP contribution in [-0.4, -0.2) is 53.6 Å². The predicted octanol–water partition coefficient (Wildman–Crippen LogP) is 4.92. The highest BCUT2D eigenvalue weighted by atomic mass is 32.1. The summed E-state index contributed by atoms with van der Waals surface area (Å²) < 4.78 is 19.5. The molecule has 0 saturated carbocycles. The number of ether oxygens (including phenoxy) is 1. The van der Waals surface area contributed by atoms with Gasteiger partial charge in [-0.25, -0.2) is 14.4 Å². The molecule has 4 aromatic rings. The van der Waals surface area contributed by atoms with Crippen molar-refractivity contribution < 1.29 is 13.9 Å². The standard InChI is InChI=1S/C29H30FN5O2S/c1-21(29-32-12-17-38-29)33-28(36)20-37-26-10-7-23(22-5-8-25(30)9-6-22)18-24(26)19-34-13-15-35(16-14-34)27-4-2-3-11-31-27/h2-12,17-18,21H,13-16,19-20H2,1H3,(H,33,36)/t21-/m0/s1. The normalized spacial score (nSPS) is 14.7. The molecule has 0 unspecified atom stereocenters. The number of aromatic nitrogens is 2. The van der Waals surface area contributed by atoms with Gasteiger partial charge >= 0.3 is 0 Å². The summed E-state index contributed by atoms with van der Waals surface area (Å²) >= 11 is 1.51. The lowest BCUT2D eigenvalue weighted by molar-refractivity contribution is -0.123. The first-order valence-electron chi connectivity index (χ1n) is 12.6. The summed E-state index contributed by atoms with van der Waals surface area (Å²) in [4.78, 5) is 26.0. The molecule has 1 N–H and O–H groups in total. The number of carbonyl (C=O) groups is 1. The monoisotopic (exact) mass is 531 g/mol. The Morgan fingerprint density at radius 1 is 1.03 bits per heavy atom. The first-order valence-corrected chi connectivity index (χ1v) is 13.5. The largest absolute Gasteiger partial charge is 0.483 e. The van der Waals surface area contributed by atoms with E-state index in [-0.39, 0.29) is 24.4 Å². The minimum atomic E-state index is -0.266. The Kier molecular flexibility index (Phi) is 8.25. The van der Waals surface area contributed by atoms with E-state index in [2.05, 4.69) is 31.2 Å². The maximum absolute atomic E-state index is 13.5. The van der Waals surface area contributed by atoms with Gasteiger partial charge in [0.2, 0.25) is 0 Å². The summed E-state index contributed by atoms with van der Waals surface area (Å²) in [5.74, 6) is 1.19. The minimum absolute atomic E-state index is 0.0912. The highest BCUT2D eigenvalue weighted by molar-refractivity contribution is 7.09. The fraction of sp³-hybridized carbons (Fsp3) is 0.276. The second kappa shape index (κ2) is 12.1. The maximum atomic E-state index is 13.5. The van der Waals surface area contributed by atoms with Crippen molar-refractivity contribution in [3.05, 3.63) is 94.8 Å². The smallest absolute Gasteiger partial charge is 0.258 e. The number of benzene rings is 2. The number of hydrogen-bond acceptors (Lipinski definition) is 7. The second-order valence-corrected chi connectivity index (χ2v) is 10.2. The summed E-state index contributed by atoms with van der Waals surface area (Å²) in [6, 6.07) is 18.2. The molecule has 1 saturated heterocycles. The second-order valence-electron chi connectivity index (χ2n) is 9.23. The molecule has 1 aliphatic heterocycles. The van der Waals surface area contributed by atoms with Gasteiger partial charge in [0.1, 0.15) is 22.4 Å². The minimum Gasteiger partial charge on any atom is -0.483 e. The molecular weight excluding hydrogens is 501 g/mol. The van der Waals surface area contributed by atoms with E-state index in [1.807, 2.05) is 48.8 Å². The van der Waals surface area contributed by atoms with Crippen molar-refractivity contribution in [1.29, 1.82) is 0 Å². The maximum Gasteiger partial charge on any atom is 0.258 e. The Morgan fingerprint density at radius 2 is 1.82 bits per heavy atom. The first kappa shape index (κ1) is 25.8. The zero-order valence-corrected chi connectivity index (χ0v) is 22.0.